The first-order valence-corrected chi connectivity index (χ1v) is 11.5. The van der Waals surface area contributed by atoms with Crippen LogP contribution in [0.5, 0.6) is 0 Å². The van der Waals surface area contributed by atoms with Crippen LogP contribution in [0, 0.1) is 0 Å². The number of imidazole rings is 1. The van der Waals surface area contributed by atoms with E-state index in [2.05, 4.69) is 23.9 Å². The highest BCUT2D eigenvalue weighted by Crippen LogP contribution is 2.28. The van der Waals surface area contributed by atoms with Crippen LogP contribution in [0.15, 0.2) is 11.4 Å². The largest absolute Gasteiger partial charge is 0.383 e. The molecule has 1 aliphatic rings. The highest BCUT2D eigenvalue weighted by Gasteiger charge is 2.32. The second kappa shape index (κ2) is 10.4. The van der Waals surface area contributed by atoms with E-state index in [1.807, 2.05) is 4.57 Å². The van der Waals surface area contributed by atoms with Crippen molar-refractivity contribution in [1.82, 2.24) is 14.5 Å². The lowest BCUT2D eigenvalue weighted by Gasteiger charge is -2.20. The number of hydrogen-bond acceptors (Lipinski definition) is 5. The predicted molar refractivity (Wildman–Crippen MR) is 104 cm³/mol. The summed E-state index contributed by atoms with van der Waals surface area (Å²) in [5, 5.41) is -0.0558. The van der Waals surface area contributed by atoms with Gasteiger partial charge in [0.05, 0.1) is 23.7 Å². The molecule has 0 bridgehead atoms. The monoisotopic (exact) mass is 385 g/mol. The minimum absolute atomic E-state index is 0.236. The highest BCUT2D eigenvalue weighted by atomic mass is 32.2. The zero-order valence-electron chi connectivity index (χ0n) is 16.6. The van der Waals surface area contributed by atoms with Crippen molar-refractivity contribution in [3.8, 4) is 0 Å². The van der Waals surface area contributed by atoms with Crippen LogP contribution in [0.1, 0.15) is 64.0 Å². The molecule has 6 nitrogen and oxygen atoms in total. The predicted octanol–water partition coefficient (Wildman–Crippen LogP) is 3.26. The van der Waals surface area contributed by atoms with Gasteiger partial charge in [0, 0.05) is 20.2 Å². The van der Waals surface area contributed by atoms with Crippen LogP contribution in [0.2, 0.25) is 0 Å². The first-order valence-electron chi connectivity index (χ1n) is 9.96. The second-order valence-electron chi connectivity index (χ2n) is 7.43. The Morgan fingerprint density at radius 3 is 2.58 bits per heavy atom. The number of sulfone groups is 1. The SMILES string of the molecule is CCCCN(C)Cc1cnc(S(=O)(=O)C2CCCCCC2)n1CCOC. The van der Waals surface area contributed by atoms with Gasteiger partial charge < -0.3 is 14.2 Å². The molecule has 1 aliphatic carbocycles. The van der Waals surface area contributed by atoms with Crippen molar-refractivity contribution in [2.75, 3.05) is 27.3 Å². The number of hydrogen-bond donors (Lipinski definition) is 0. The van der Waals surface area contributed by atoms with Gasteiger partial charge in [-0.1, -0.05) is 39.0 Å². The summed E-state index contributed by atoms with van der Waals surface area (Å²) < 4.78 is 33.6. The molecule has 1 aromatic heterocycles. The van der Waals surface area contributed by atoms with Crippen molar-refractivity contribution in [3.05, 3.63) is 11.9 Å². The number of aromatic nitrogens is 2. The van der Waals surface area contributed by atoms with Crippen molar-refractivity contribution < 1.29 is 13.2 Å². The van der Waals surface area contributed by atoms with Gasteiger partial charge in [-0.15, -0.1) is 0 Å². The number of methoxy groups -OCH3 is 1. The molecule has 0 atom stereocenters. The number of ether oxygens (including phenoxy) is 1. The van der Waals surface area contributed by atoms with Gasteiger partial charge in [-0.2, -0.15) is 0 Å². The molecule has 0 unspecified atom stereocenters. The van der Waals surface area contributed by atoms with E-state index in [-0.39, 0.29) is 10.4 Å². The summed E-state index contributed by atoms with van der Waals surface area (Å²) >= 11 is 0. The van der Waals surface area contributed by atoms with Crippen LogP contribution in [0.4, 0.5) is 0 Å². The van der Waals surface area contributed by atoms with Gasteiger partial charge in [0.2, 0.25) is 15.0 Å². The third-order valence-corrected chi connectivity index (χ3v) is 7.43. The standard InChI is InChI=1S/C19H35N3O3S/c1-4-5-12-21(2)16-17-15-20-19(22(17)13-14-25-3)26(23,24)18-10-8-6-7-9-11-18/h15,18H,4-14,16H2,1-3H3. The topological polar surface area (TPSA) is 64.4 Å². The summed E-state index contributed by atoms with van der Waals surface area (Å²) in [5.74, 6) is 0. The Labute approximate surface area is 158 Å². The lowest BCUT2D eigenvalue weighted by Crippen LogP contribution is -2.27. The van der Waals surface area contributed by atoms with Crippen LogP contribution < -0.4 is 0 Å². The van der Waals surface area contributed by atoms with Gasteiger partial charge in [-0.05, 0) is 32.9 Å². The Hall–Kier alpha value is -0.920. The molecule has 150 valence electrons. The molecule has 1 aromatic rings. The van der Waals surface area contributed by atoms with Crippen LogP contribution >= 0.6 is 0 Å². The quantitative estimate of drug-likeness (QED) is 0.579. The summed E-state index contributed by atoms with van der Waals surface area (Å²) in [6, 6.07) is 0. The molecule has 0 radical (unpaired) electrons. The van der Waals surface area contributed by atoms with Gasteiger partial charge in [-0.3, -0.25) is 0 Å². The third-order valence-electron chi connectivity index (χ3n) is 5.24. The molecule has 7 heteroatoms. The zero-order valence-corrected chi connectivity index (χ0v) is 17.4. The minimum atomic E-state index is -3.40. The lowest BCUT2D eigenvalue weighted by molar-refractivity contribution is 0.182. The first kappa shape index (κ1) is 21.4. The molecule has 0 aliphatic heterocycles. The maximum Gasteiger partial charge on any atom is 0.228 e. The molecule has 2 rings (SSSR count). The van der Waals surface area contributed by atoms with Gasteiger partial charge in [0.1, 0.15) is 0 Å². The van der Waals surface area contributed by atoms with E-state index in [1.165, 1.54) is 0 Å². The fourth-order valence-electron chi connectivity index (χ4n) is 3.65. The van der Waals surface area contributed by atoms with Gasteiger partial charge in [0.25, 0.3) is 0 Å². The maximum atomic E-state index is 13.3. The Morgan fingerprint density at radius 1 is 1.27 bits per heavy atom. The Morgan fingerprint density at radius 2 is 1.96 bits per heavy atom. The van der Waals surface area contributed by atoms with Crippen LogP contribution in [0.25, 0.3) is 0 Å². The lowest BCUT2D eigenvalue weighted by atomic mass is 10.2. The van der Waals surface area contributed by atoms with E-state index in [1.54, 1.807) is 13.3 Å². The molecule has 26 heavy (non-hydrogen) atoms. The molecule has 0 aromatic carbocycles. The maximum absolute atomic E-state index is 13.3. The van der Waals surface area contributed by atoms with Crippen molar-refractivity contribution in [1.29, 1.82) is 0 Å². The number of rotatable bonds is 10. The fourth-order valence-corrected chi connectivity index (χ4v) is 5.62. The highest BCUT2D eigenvalue weighted by molar-refractivity contribution is 7.91. The minimum Gasteiger partial charge on any atom is -0.383 e. The average molecular weight is 386 g/mol. The summed E-state index contributed by atoms with van der Waals surface area (Å²) in [6.07, 6.45) is 9.79. The smallest absolute Gasteiger partial charge is 0.228 e. The van der Waals surface area contributed by atoms with E-state index in [0.29, 0.717) is 19.7 Å². The molecule has 0 N–H and O–H groups in total. The van der Waals surface area contributed by atoms with Crippen molar-refractivity contribution in [3.63, 3.8) is 0 Å². The summed E-state index contributed by atoms with van der Waals surface area (Å²) in [7, 11) is 0.314. The molecule has 0 amide bonds. The van der Waals surface area contributed by atoms with E-state index in [4.69, 9.17) is 4.74 Å². The summed E-state index contributed by atoms with van der Waals surface area (Å²) in [4.78, 5) is 6.60. The van der Waals surface area contributed by atoms with Gasteiger partial charge in [-0.25, -0.2) is 13.4 Å². The average Bonchev–Trinajstić information content (AvgIpc) is 2.83. The second-order valence-corrected chi connectivity index (χ2v) is 9.55. The van der Waals surface area contributed by atoms with Crippen molar-refractivity contribution >= 4 is 9.84 Å². The van der Waals surface area contributed by atoms with Gasteiger partial charge >= 0.3 is 0 Å². The van der Waals surface area contributed by atoms with Crippen molar-refractivity contribution in [2.24, 2.45) is 0 Å². The third kappa shape index (κ3) is 5.54. The number of nitrogens with zero attached hydrogens (tertiary/aromatic N) is 3. The molecule has 0 spiro atoms. The van der Waals surface area contributed by atoms with E-state index in [0.717, 1.165) is 63.6 Å². The molecule has 1 heterocycles. The van der Waals surface area contributed by atoms with E-state index >= 15 is 0 Å². The Kier molecular flexibility index (Phi) is 8.57. The van der Waals surface area contributed by atoms with E-state index in [9.17, 15) is 8.42 Å². The van der Waals surface area contributed by atoms with Crippen LogP contribution in [0.3, 0.4) is 0 Å². The van der Waals surface area contributed by atoms with Crippen molar-refractivity contribution in [2.45, 2.75) is 81.8 Å². The first-order chi connectivity index (χ1) is 12.5. The van der Waals surface area contributed by atoms with E-state index < -0.39 is 9.84 Å². The van der Waals surface area contributed by atoms with Crippen LogP contribution in [-0.2, 0) is 27.7 Å². The number of unbranched alkanes of at least 4 members (excludes halogenated alkanes) is 1. The van der Waals surface area contributed by atoms with Gasteiger partial charge in [0.15, 0.2) is 0 Å². The fraction of sp³-hybridized carbons (Fsp3) is 0.842. The molecule has 0 saturated heterocycles. The normalized spacial score (nSPS) is 16.9. The molecule has 1 fully saturated rings. The molecular formula is C19H35N3O3S. The Balaban J connectivity index is 2.25. The molecular weight excluding hydrogens is 350 g/mol. The van der Waals surface area contributed by atoms with Crippen LogP contribution in [-0.4, -0.2) is 55.4 Å². The summed E-state index contributed by atoms with van der Waals surface area (Å²) in [6.45, 7) is 4.88. The molecule has 1 saturated carbocycles. The zero-order chi connectivity index (χ0) is 19.0. The summed E-state index contributed by atoms with van der Waals surface area (Å²) in [5.41, 5.74) is 0.952. The Bertz CT molecular complexity index is 634.